The van der Waals surface area contributed by atoms with Gasteiger partial charge in [-0.1, -0.05) is 0 Å². The van der Waals surface area contributed by atoms with Crippen LogP contribution >= 0.6 is 0 Å². The lowest BCUT2D eigenvalue weighted by atomic mass is 10.2. The van der Waals surface area contributed by atoms with Crippen LogP contribution in [-0.2, 0) is 9.53 Å². The third kappa shape index (κ3) is 6.03. The summed E-state index contributed by atoms with van der Waals surface area (Å²) >= 11 is 0. The predicted molar refractivity (Wildman–Crippen MR) is 69.0 cm³/mol. The second-order valence-electron chi connectivity index (χ2n) is 5.66. The van der Waals surface area contributed by atoms with Gasteiger partial charge in [-0.3, -0.25) is 9.69 Å². The number of carbonyl (C=O) groups is 1. The number of rotatable bonds is 4. The summed E-state index contributed by atoms with van der Waals surface area (Å²) in [6.45, 7) is 13.5. The third-order valence-corrected chi connectivity index (χ3v) is 2.97. The van der Waals surface area contributed by atoms with Crippen LogP contribution in [0.25, 0.3) is 0 Å². The lowest BCUT2D eigenvalue weighted by Gasteiger charge is -2.34. The molecule has 1 rings (SSSR count). The van der Waals surface area contributed by atoms with Gasteiger partial charge in [-0.15, -0.1) is 0 Å². The Labute approximate surface area is 105 Å². The monoisotopic (exact) mass is 242 g/mol. The van der Waals surface area contributed by atoms with Crippen LogP contribution in [0, 0.1) is 0 Å². The van der Waals surface area contributed by atoms with Gasteiger partial charge in [0.2, 0.25) is 5.91 Å². The Balaban J connectivity index is 2.09. The Morgan fingerprint density at radius 1 is 1.18 bits per heavy atom. The van der Waals surface area contributed by atoms with Crippen LogP contribution in [-0.4, -0.2) is 60.6 Å². The maximum absolute atomic E-state index is 11.2. The molecule has 0 aromatic carbocycles. The zero-order chi connectivity index (χ0) is 12.9. The lowest BCUT2D eigenvalue weighted by Crippen LogP contribution is -2.48. The fraction of sp³-hybridized carbons (Fsp3) is 0.923. The zero-order valence-electron chi connectivity index (χ0n) is 11.7. The Kier molecular flexibility index (Phi) is 5.40. The molecular weight excluding hydrogens is 216 g/mol. The van der Waals surface area contributed by atoms with Crippen LogP contribution in [0.3, 0.4) is 0 Å². The van der Waals surface area contributed by atoms with Crippen LogP contribution in [0.1, 0.15) is 34.1 Å². The molecule has 0 N–H and O–H groups in total. The van der Waals surface area contributed by atoms with Crippen molar-refractivity contribution < 1.29 is 9.53 Å². The molecule has 1 amide bonds. The summed E-state index contributed by atoms with van der Waals surface area (Å²) < 4.78 is 5.69. The minimum absolute atomic E-state index is 0.0344. The summed E-state index contributed by atoms with van der Waals surface area (Å²) in [6, 6.07) is 0. The van der Waals surface area contributed by atoms with Gasteiger partial charge in [0.1, 0.15) is 0 Å². The van der Waals surface area contributed by atoms with E-state index in [1.165, 1.54) is 0 Å². The first kappa shape index (κ1) is 14.5. The number of hydrogen-bond acceptors (Lipinski definition) is 3. The highest BCUT2D eigenvalue weighted by atomic mass is 16.5. The SMILES string of the molecule is CC(=O)N1CCN(CCCOC(C)(C)C)CC1. The average Bonchev–Trinajstić information content (AvgIpc) is 2.24. The van der Waals surface area contributed by atoms with Crippen molar-refractivity contribution in [3.05, 3.63) is 0 Å². The van der Waals surface area contributed by atoms with Gasteiger partial charge in [0, 0.05) is 46.3 Å². The quantitative estimate of drug-likeness (QED) is 0.698. The molecule has 1 fully saturated rings. The number of amides is 1. The van der Waals surface area contributed by atoms with Crippen molar-refractivity contribution in [2.45, 2.75) is 39.7 Å². The van der Waals surface area contributed by atoms with E-state index in [-0.39, 0.29) is 11.5 Å². The fourth-order valence-corrected chi connectivity index (χ4v) is 1.95. The van der Waals surface area contributed by atoms with E-state index >= 15 is 0 Å². The normalized spacial score (nSPS) is 18.5. The molecule has 0 unspecified atom stereocenters. The van der Waals surface area contributed by atoms with Crippen molar-refractivity contribution >= 4 is 5.91 Å². The molecule has 4 heteroatoms. The Morgan fingerprint density at radius 2 is 1.76 bits per heavy atom. The van der Waals surface area contributed by atoms with Crippen molar-refractivity contribution in [1.29, 1.82) is 0 Å². The maximum Gasteiger partial charge on any atom is 0.219 e. The van der Waals surface area contributed by atoms with E-state index < -0.39 is 0 Å². The standard InChI is InChI=1S/C13H26N2O2/c1-12(16)15-9-7-14(8-10-15)6-5-11-17-13(2,3)4/h5-11H2,1-4H3. The van der Waals surface area contributed by atoms with Crippen molar-refractivity contribution in [2.24, 2.45) is 0 Å². The second-order valence-corrected chi connectivity index (χ2v) is 5.66. The fourth-order valence-electron chi connectivity index (χ4n) is 1.95. The highest BCUT2D eigenvalue weighted by molar-refractivity contribution is 5.73. The van der Waals surface area contributed by atoms with Gasteiger partial charge in [-0.25, -0.2) is 0 Å². The molecule has 0 bridgehead atoms. The molecule has 0 aromatic heterocycles. The van der Waals surface area contributed by atoms with Crippen molar-refractivity contribution in [3.63, 3.8) is 0 Å². The van der Waals surface area contributed by atoms with Gasteiger partial charge in [0.25, 0.3) is 0 Å². The predicted octanol–water partition coefficient (Wildman–Crippen LogP) is 1.36. The molecule has 1 saturated heterocycles. The molecule has 100 valence electrons. The van der Waals surface area contributed by atoms with E-state index in [0.717, 1.165) is 45.8 Å². The van der Waals surface area contributed by atoms with Gasteiger partial charge >= 0.3 is 0 Å². The Hall–Kier alpha value is -0.610. The summed E-state index contributed by atoms with van der Waals surface area (Å²) in [5.74, 6) is 0.195. The largest absolute Gasteiger partial charge is 0.376 e. The number of piperazine rings is 1. The van der Waals surface area contributed by atoms with E-state index in [1.807, 2.05) is 4.90 Å². The Morgan fingerprint density at radius 3 is 2.24 bits per heavy atom. The number of ether oxygens (including phenoxy) is 1. The molecule has 1 aliphatic heterocycles. The molecule has 4 nitrogen and oxygen atoms in total. The topological polar surface area (TPSA) is 32.8 Å². The molecule has 1 heterocycles. The number of hydrogen-bond donors (Lipinski definition) is 0. The van der Waals surface area contributed by atoms with Gasteiger partial charge in [0.05, 0.1) is 5.60 Å². The van der Waals surface area contributed by atoms with Gasteiger partial charge < -0.3 is 9.64 Å². The van der Waals surface area contributed by atoms with Crippen molar-refractivity contribution in [1.82, 2.24) is 9.80 Å². The molecule has 0 aliphatic carbocycles. The summed E-state index contributed by atoms with van der Waals surface area (Å²) in [5, 5.41) is 0. The number of carbonyl (C=O) groups excluding carboxylic acids is 1. The molecule has 17 heavy (non-hydrogen) atoms. The van der Waals surface area contributed by atoms with Gasteiger partial charge in [0.15, 0.2) is 0 Å². The third-order valence-electron chi connectivity index (χ3n) is 2.97. The molecular formula is C13H26N2O2. The van der Waals surface area contributed by atoms with Gasteiger partial charge in [-0.2, -0.15) is 0 Å². The first-order valence-electron chi connectivity index (χ1n) is 6.50. The summed E-state index contributed by atoms with van der Waals surface area (Å²) in [5.41, 5.74) is -0.0344. The zero-order valence-corrected chi connectivity index (χ0v) is 11.7. The van der Waals surface area contributed by atoms with Crippen molar-refractivity contribution in [2.75, 3.05) is 39.3 Å². The van der Waals surface area contributed by atoms with E-state index in [9.17, 15) is 4.79 Å². The summed E-state index contributed by atoms with van der Waals surface area (Å²) in [6.07, 6.45) is 1.07. The highest BCUT2D eigenvalue weighted by Gasteiger charge is 2.18. The lowest BCUT2D eigenvalue weighted by molar-refractivity contribution is -0.130. The molecule has 0 saturated carbocycles. The summed E-state index contributed by atoms with van der Waals surface area (Å²) in [7, 11) is 0. The van der Waals surface area contributed by atoms with Crippen LogP contribution in [0.15, 0.2) is 0 Å². The first-order valence-corrected chi connectivity index (χ1v) is 6.50. The van der Waals surface area contributed by atoms with E-state index in [0.29, 0.717) is 0 Å². The van der Waals surface area contributed by atoms with E-state index in [4.69, 9.17) is 4.74 Å². The number of nitrogens with zero attached hydrogens (tertiary/aromatic N) is 2. The van der Waals surface area contributed by atoms with Gasteiger partial charge in [-0.05, 0) is 27.2 Å². The van der Waals surface area contributed by atoms with Crippen molar-refractivity contribution in [3.8, 4) is 0 Å². The first-order chi connectivity index (χ1) is 7.88. The molecule has 0 spiro atoms. The summed E-state index contributed by atoms with van der Waals surface area (Å²) in [4.78, 5) is 15.5. The van der Waals surface area contributed by atoms with Crippen LogP contribution in [0.4, 0.5) is 0 Å². The minimum Gasteiger partial charge on any atom is -0.376 e. The van der Waals surface area contributed by atoms with E-state index in [2.05, 4.69) is 25.7 Å². The second kappa shape index (κ2) is 6.36. The van der Waals surface area contributed by atoms with Crippen LogP contribution in [0.2, 0.25) is 0 Å². The maximum atomic E-state index is 11.2. The van der Waals surface area contributed by atoms with Crippen LogP contribution < -0.4 is 0 Å². The molecule has 1 aliphatic rings. The minimum atomic E-state index is -0.0344. The molecule has 0 aromatic rings. The van der Waals surface area contributed by atoms with Crippen LogP contribution in [0.5, 0.6) is 0 Å². The molecule has 0 radical (unpaired) electrons. The smallest absolute Gasteiger partial charge is 0.219 e. The highest BCUT2D eigenvalue weighted by Crippen LogP contribution is 2.08. The molecule has 0 atom stereocenters. The Bertz CT molecular complexity index is 240. The average molecular weight is 242 g/mol. The van der Waals surface area contributed by atoms with E-state index in [1.54, 1.807) is 6.92 Å².